The van der Waals surface area contributed by atoms with Gasteiger partial charge in [0.1, 0.15) is 0 Å². The van der Waals surface area contributed by atoms with Gasteiger partial charge in [-0.15, -0.1) is 0 Å². The Bertz CT molecular complexity index is 757. The molecule has 2 heterocycles. The lowest BCUT2D eigenvalue weighted by atomic mass is 9.86. The summed E-state index contributed by atoms with van der Waals surface area (Å²) in [6, 6.07) is 6.55. The lowest BCUT2D eigenvalue weighted by molar-refractivity contribution is -0.143. The number of likely N-dealkylation sites (tertiary alicyclic amines) is 1. The van der Waals surface area contributed by atoms with Crippen molar-refractivity contribution in [3.05, 3.63) is 29.3 Å². The van der Waals surface area contributed by atoms with Gasteiger partial charge < -0.3 is 14.9 Å². The zero-order chi connectivity index (χ0) is 20.9. The molecule has 1 aromatic rings. The number of hydrogen-bond donors (Lipinski definition) is 1. The van der Waals surface area contributed by atoms with Crippen LogP contribution in [0.2, 0.25) is 0 Å². The van der Waals surface area contributed by atoms with Crippen molar-refractivity contribution >= 4 is 17.6 Å². The van der Waals surface area contributed by atoms with E-state index in [4.69, 9.17) is 0 Å². The van der Waals surface area contributed by atoms with Gasteiger partial charge >= 0.3 is 5.97 Å². The minimum atomic E-state index is -0.662. The number of carbonyl (C=O) groups excluding carboxylic acids is 1. The Morgan fingerprint density at radius 2 is 1.87 bits per heavy atom. The van der Waals surface area contributed by atoms with E-state index in [2.05, 4.69) is 23.1 Å². The molecule has 5 nitrogen and oxygen atoms in total. The van der Waals surface area contributed by atoms with Gasteiger partial charge in [0.2, 0.25) is 5.91 Å². The number of piperidine rings is 1. The highest BCUT2D eigenvalue weighted by Gasteiger charge is 2.27. The van der Waals surface area contributed by atoms with Crippen molar-refractivity contribution in [3.63, 3.8) is 0 Å². The number of rotatable bonds is 7. The van der Waals surface area contributed by atoms with Crippen LogP contribution in [0.3, 0.4) is 0 Å². The molecule has 3 aliphatic rings. The molecule has 1 atom stereocenters. The van der Waals surface area contributed by atoms with Crippen LogP contribution in [0.1, 0.15) is 68.9 Å². The van der Waals surface area contributed by atoms with E-state index < -0.39 is 5.97 Å². The maximum Gasteiger partial charge on any atom is 0.307 e. The van der Waals surface area contributed by atoms with E-state index in [1.54, 1.807) is 0 Å². The van der Waals surface area contributed by atoms with Crippen molar-refractivity contribution in [2.75, 3.05) is 31.1 Å². The Morgan fingerprint density at radius 1 is 1.03 bits per heavy atom. The van der Waals surface area contributed by atoms with Crippen LogP contribution in [0.25, 0.3) is 0 Å². The minimum Gasteiger partial charge on any atom is -0.481 e. The topological polar surface area (TPSA) is 60.9 Å². The lowest BCUT2D eigenvalue weighted by Crippen LogP contribution is -2.39. The molecule has 0 radical (unpaired) electrons. The number of nitrogens with zero attached hydrogens (tertiary/aromatic N) is 2. The summed E-state index contributed by atoms with van der Waals surface area (Å²) < 4.78 is 0. The van der Waals surface area contributed by atoms with Crippen molar-refractivity contribution in [2.24, 2.45) is 11.8 Å². The van der Waals surface area contributed by atoms with E-state index in [9.17, 15) is 14.7 Å². The molecule has 1 unspecified atom stereocenters. The molecule has 1 aromatic carbocycles. The molecule has 1 N–H and O–H groups in total. The molecule has 2 fully saturated rings. The maximum absolute atomic E-state index is 12.8. The Labute approximate surface area is 180 Å². The highest BCUT2D eigenvalue weighted by Crippen LogP contribution is 2.32. The molecule has 0 aromatic heterocycles. The smallest absolute Gasteiger partial charge is 0.307 e. The second-order valence-electron chi connectivity index (χ2n) is 9.53. The van der Waals surface area contributed by atoms with Crippen molar-refractivity contribution in [3.8, 4) is 0 Å². The molecule has 1 saturated carbocycles. The first-order valence-corrected chi connectivity index (χ1v) is 12.0. The summed E-state index contributed by atoms with van der Waals surface area (Å²) in [6.07, 6.45) is 12.0. The predicted molar refractivity (Wildman–Crippen MR) is 119 cm³/mol. The van der Waals surface area contributed by atoms with Gasteiger partial charge in [0.15, 0.2) is 0 Å². The van der Waals surface area contributed by atoms with E-state index in [0.29, 0.717) is 18.9 Å². The number of carboxylic acids is 1. The standard InChI is InChI=1S/C25H36N2O3/c28-24(11-9-19-5-2-1-3-6-19)27-16-13-21-17-20(8-10-23(21)27)12-15-26-14-4-7-22(18-26)25(29)30/h8,10,17,19,22H,1-7,9,11-16,18H2,(H,29,30). The van der Waals surface area contributed by atoms with Gasteiger partial charge in [-0.3, -0.25) is 9.59 Å². The third kappa shape index (κ3) is 5.23. The van der Waals surface area contributed by atoms with Gasteiger partial charge in [-0.05, 0) is 61.8 Å². The molecule has 1 saturated heterocycles. The SMILES string of the molecule is O=C(O)C1CCCN(CCc2ccc3c(c2)CCN3C(=O)CCC2CCCCC2)C1. The maximum atomic E-state index is 12.8. The van der Waals surface area contributed by atoms with Gasteiger partial charge in [-0.2, -0.15) is 0 Å². The van der Waals surface area contributed by atoms with Gasteiger partial charge in [-0.1, -0.05) is 44.2 Å². The average molecular weight is 413 g/mol. The van der Waals surface area contributed by atoms with Crippen LogP contribution < -0.4 is 4.90 Å². The van der Waals surface area contributed by atoms with Crippen molar-refractivity contribution in [1.29, 1.82) is 0 Å². The van der Waals surface area contributed by atoms with Crippen LogP contribution in [0, 0.1) is 11.8 Å². The lowest BCUT2D eigenvalue weighted by Gasteiger charge is -2.30. The molecule has 5 heteroatoms. The Morgan fingerprint density at radius 3 is 2.67 bits per heavy atom. The normalized spacial score (nSPS) is 22.8. The van der Waals surface area contributed by atoms with E-state index in [0.717, 1.165) is 63.3 Å². The fourth-order valence-corrected chi connectivity index (χ4v) is 5.56. The third-order valence-electron chi connectivity index (χ3n) is 7.40. The van der Waals surface area contributed by atoms with Crippen LogP contribution in [0.4, 0.5) is 5.69 Å². The molecule has 1 aliphatic carbocycles. The van der Waals surface area contributed by atoms with Gasteiger partial charge in [0.25, 0.3) is 0 Å². The molecule has 0 spiro atoms. The van der Waals surface area contributed by atoms with Gasteiger partial charge in [0, 0.05) is 31.7 Å². The summed E-state index contributed by atoms with van der Waals surface area (Å²) >= 11 is 0. The summed E-state index contributed by atoms with van der Waals surface area (Å²) in [6.45, 7) is 3.39. The molecular formula is C25H36N2O3. The Kier molecular flexibility index (Phi) is 7.08. The van der Waals surface area contributed by atoms with Crippen molar-refractivity contribution in [2.45, 2.75) is 70.6 Å². The van der Waals surface area contributed by atoms with Gasteiger partial charge in [-0.25, -0.2) is 0 Å². The Balaban J connectivity index is 1.28. The molecule has 2 aliphatic heterocycles. The highest BCUT2D eigenvalue weighted by atomic mass is 16.4. The number of fused-ring (bicyclic) bond motifs is 1. The number of carboxylic acid groups (broad SMARTS) is 1. The third-order valence-corrected chi connectivity index (χ3v) is 7.40. The van der Waals surface area contributed by atoms with Crippen LogP contribution in [0.15, 0.2) is 18.2 Å². The van der Waals surface area contributed by atoms with Gasteiger partial charge in [0.05, 0.1) is 5.92 Å². The van der Waals surface area contributed by atoms with E-state index in [1.165, 1.54) is 43.2 Å². The van der Waals surface area contributed by atoms with E-state index >= 15 is 0 Å². The first kappa shape index (κ1) is 21.4. The monoisotopic (exact) mass is 412 g/mol. The quantitative estimate of drug-likeness (QED) is 0.726. The fraction of sp³-hybridized carbons (Fsp3) is 0.680. The van der Waals surface area contributed by atoms with Crippen molar-refractivity contribution < 1.29 is 14.7 Å². The number of amides is 1. The molecule has 1 amide bonds. The summed E-state index contributed by atoms with van der Waals surface area (Å²) in [5, 5.41) is 9.27. The van der Waals surface area contributed by atoms with Crippen LogP contribution in [-0.2, 0) is 22.4 Å². The van der Waals surface area contributed by atoms with E-state index in [-0.39, 0.29) is 5.92 Å². The van der Waals surface area contributed by atoms with Crippen molar-refractivity contribution in [1.82, 2.24) is 4.90 Å². The zero-order valence-corrected chi connectivity index (χ0v) is 18.2. The first-order valence-electron chi connectivity index (χ1n) is 12.0. The minimum absolute atomic E-state index is 0.216. The fourth-order valence-electron chi connectivity index (χ4n) is 5.56. The second-order valence-corrected chi connectivity index (χ2v) is 9.53. The summed E-state index contributed by atoms with van der Waals surface area (Å²) in [4.78, 5) is 28.4. The number of aliphatic carboxylic acids is 1. The molecule has 30 heavy (non-hydrogen) atoms. The molecule has 0 bridgehead atoms. The number of carbonyl (C=O) groups is 2. The Hall–Kier alpha value is -1.88. The van der Waals surface area contributed by atoms with Crippen LogP contribution in [0.5, 0.6) is 0 Å². The van der Waals surface area contributed by atoms with Crippen LogP contribution in [-0.4, -0.2) is 48.1 Å². The number of hydrogen-bond acceptors (Lipinski definition) is 3. The average Bonchev–Trinajstić information content (AvgIpc) is 3.20. The van der Waals surface area contributed by atoms with E-state index in [1.807, 2.05) is 4.90 Å². The highest BCUT2D eigenvalue weighted by molar-refractivity contribution is 5.95. The summed E-state index contributed by atoms with van der Waals surface area (Å²) in [5.41, 5.74) is 3.69. The summed E-state index contributed by atoms with van der Waals surface area (Å²) in [7, 11) is 0. The molecule has 4 rings (SSSR count). The zero-order valence-electron chi connectivity index (χ0n) is 18.2. The largest absolute Gasteiger partial charge is 0.481 e. The first-order chi connectivity index (χ1) is 14.6. The summed E-state index contributed by atoms with van der Waals surface area (Å²) in [5.74, 6) is 0.167. The predicted octanol–water partition coefficient (Wildman–Crippen LogP) is 4.28. The molecular weight excluding hydrogens is 376 g/mol. The van der Waals surface area contributed by atoms with Crippen LogP contribution >= 0.6 is 0 Å². The number of benzene rings is 1. The number of anilines is 1. The molecule has 164 valence electrons. The second kappa shape index (κ2) is 9.95.